The molecule has 0 N–H and O–H groups in total. The van der Waals surface area contributed by atoms with E-state index in [2.05, 4.69) is 39.8 Å². The molecule has 0 bridgehead atoms. The summed E-state index contributed by atoms with van der Waals surface area (Å²) >= 11 is 0. The summed E-state index contributed by atoms with van der Waals surface area (Å²) in [5, 5.41) is 0. The number of ether oxygens (including phenoxy) is 3. The lowest BCUT2D eigenvalue weighted by Gasteiger charge is -2.60. The topological polar surface area (TPSA) is 27.7 Å². The molecule has 4 aliphatic rings. The van der Waals surface area contributed by atoms with Crippen molar-refractivity contribution in [1.82, 2.24) is 0 Å². The summed E-state index contributed by atoms with van der Waals surface area (Å²) in [5.74, 6) is 3.31. The van der Waals surface area contributed by atoms with Crippen molar-refractivity contribution in [2.45, 2.75) is 65.4 Å². The average Bonchev–Trinajstić information content (AvgIpc) is 2.97. The van der Waals surface area contributed by atoms with E-state index in [1.807, 2.05) is 6.07 Å². The van der Waals surface area contributed by atoms with Crippen LogP contribution in [0.3, 0.4) is 0 Å². The molecule has 2 aliphatic heterocycles. The second-order valence-corrected chi connectivity index (χ2v) is 9.49. The van der Waals surface area contributed by atoms with E-state index in [9.17, 15) is 0 Å². The van der Waals surface area contributed by atoms with Crippen LogP contribution in [0.5, 0.6) is 17.2 Å². The molecule has 0 saturated heterocycles. The van der Waals surface area contributed by atoms with Crippen molar-refractivity contribution in [3.05, 3.63) is 23.3 Å². The Hall–Kier alpha value is -1.64. The zero-order chi connectivity index (χ0) is 17.4. The smallest absolute Gasteiger partial charge is 0.231 e. The van der Waals surface area contributed by atoms with Gasteiger partial charge in [-0.05, 0) is 67.1 Å². The molecule has 5 rings (SSSR count). The zero-order valence-electron chi connectivity index (χ0n) is 15.8. The highest BCUT2D eigenvalue weighted by atomic mass is 16.7. The van der Waals surface area contributed by atoms with Gasteiger partial charge >= 0.3 is 0 Å². The zero-order valence-corrected chi connectivity index (χ0v) is 15.8. The predicted molar refractivity (Wildman–Crippen MR) is 98.0 cm³/mol. The largest absolute Gasteiger partial charge is 0.482 e. The van der Waals surface area contributed by atoms with Gasteiger partial charge in [0.15, 0.2) is 11.5 Å². The second-order valence-electron chi connectivity index (χ2n) is 9.49. The lowest BCUT2D eigenvalue weighted by Crippen LogP contribution is -2.55. The lowest BCUT2D eigenvalue weighted by molar-refractivity contribution is -0.0516. The Balaban J connectivity index is 1.66. The molecule has 3 heteroatoms. The molecule has 2 saturated carbocycles. The Morgan fingerprint density at radius 1 is 0.920 bits per heavy atom. The minimum atomic E-state index is -0.195. The number of benzene rings is 1. The van der Waals surface area contributed by atoms with Gasteiger partial charge in [0.05, 0.1) is 0 Å². The molecule has 0 spiro atoms. The summed E-state index contributed by atoms with van der Waals surface area (Å²) in [6.45, 7) is 10.0. The fraction of sp³-hybridized carbons (Fsp3) is 0.636. The molecule has 3 nitrogen and oxygen atoms in total. The molecule has 3 atom stereocenters. The van der Waals surface area contributed by atoms with E-state index in [1.54, 1.807) is 0 Å². The monoisotopic (exact) mass is 340 g/mol. The highest BCUT2D eigenvalue weighted by Gasteiger charge is 2.57. The summed E-state index contributed by atoms with van der Waals surface area (Å²) in [4.78, 5) is 0. The van der Waals surface area contributed by atoms with Gasteiger partial charge in [-0.2, -0.15) is 0 Å². The van der Waals surface area contributed by atoms with Gasteiger partial charge in [0, 0.05) is 11.6 Å². The van der Waals surface area contributed by atoms with Crippen LogP contribution in [0.25, 0.3) is 6.08 Å². The molecule has 0 radical (unpaired) electrons. The van der Waals surface area contributed by atoms with E-state index in [0.717, 1.165) is 35.2 Å². The van der Waals surface area contributed by atoms with Gasteiger partial charge in [-0.25, -0.2) is 0 Å². The third-order valence-corrected chi connectivity index (χ3v) is 7.46. The lowest BCUT2D eigenvalue weighted by atomic mass is 9.47. The van der Waals surface area contributed by atoms with E-state index in [0.29, 0.717) is 12.2 Å². The second kappa shape index (κ2) is 4.75. The van der Waals surface area contributed by atoms with Gasteiger partial charge in [0.25, 0.3) is 0 Å². The molecule has 25 heavy (non-hydrogen) atoms. The van der Waals surface area contributed by atoms with Crippen molar-refractivity contribution in [3.63, 3.8) is 0 Å². The third kappa shape index (κ3) is 2.04. The van der Waals surface area contributed by atoms with Crippen LogP contribution in [0.15, 0.2) is 17.7 Å². The highest BCUT2D eigenvalue weighted by Crippen LogP contribution is 2.64. The first-order valence-corrected chi connectivity index (χ1v) is 9.67. The molecule has 2 heterocycles. The Bertz CT molecular complexity index is 778. The summed E-state index contributed by atoms with van der Waals surface area (Å²) in [6.07, 6.45) is 8.67. The Morgan fingerprint density at radius 2 is 1.68 bits per heavy atom. The van der Waals surface area contributed by atoms with Gasteiger partial charge in [0.2, 0.25) is 6.79 Å². The predicted octanol–water partition coefficient (Wildman–Crippen LogP) is 5.58. The minimum absolute atomic E-state index is 0.195. The van der Waals surface area contributed by atoms with Crippen LogP contribution < -0.4 is 14.2 Å². The van der Waals surface area contributed by atoms with Gasteiger partial charge in [-0.1, -0.05) is 27.2 Å². The van der Waals surface area contributed by atoms with Gasteiger partial charge in [0.1, 0.15) is 11.4 Å². The normalized spacial score (nSPS) is 37.3. The third-order valence-electron chi connectivity index (χ3n) is 7.46. The Kier molecular flexibility index (Phi) is 2.96. The van der Waals surface area contributed by atoms with Crippen molar-refractivity contribution < 1.29 is 14.2 Å². The van der Waals surface area contributed by atoms with Gasteiger partial charge < -0.3 is 14.2 Å². The maximum absolute atomic E-state index is 6.63. The van der Waals surface area contributed by atoms with Crippen molar-refractivity contribution in [2.75, 3.05) is 6.79 Å². The molecule has 1 aromatic carbocycles. The summed E-state index contributed by atoms with van der Waals surface area (Å²) in [7, 11) is 0. The first-order chi connectivity index (χ1) is 11.8. The van der Waals surface area contributed by atoms with E-state index >= 15 is 0 Å². The highest BCUT2D eigenvalue weighted by molar-refractivity contribution is 5.70. The standard InChI is InChI=1S/C22H28O3/c1-20(2)7-5-8-21(3)18(20)6-9-22(4)19(21)11-14-10-16-17(24-13-23-16)12-15(14)25-22/h10-12,18H,5-9,13H2,1-4H3/t18-,21-,22-/m0/s1. The van der Waals surface area contributed by atoms with Crippen LogP contribution >= 0.6 is 0 Å². The summed E-state index contributed by atoms with van der Waals surface area (Å²) in [5.41, 5.74) is 3.07. The quantitative estimate of drug-likeness (QED) is 0.617. The van der Waals surface area contributed by atoms with Crippen LogP contribution in [-0.2, 0) is 0 Å². The van der Waals surface area contributed by atoms with E-state index in [4.69, 9.17) is 14.2 Å². The first kappa shape index (κ1) is 15.6. The van der Waals surface area contributed by atoms with Crippen molar-refractivity contribution in [2.24, 2.45) is 16.7 Å². The van der Waals surface area contributed by atoms with E-state index in [-0.39, 0.29) is 11.0 Å². The maximum Gasteiger partial charge on any atom is 0.231 e. The van der Waals surface area contributed by atoms with Gasteiger partial charge in [-0.3, -0.25) is 0 Å². The number of hydrogen-bond acceptors (Lipinski definition) is 3. The van der Waals surface area contributed by atoms with Crippen LogP contribution in [0, 0.1) is 16.7 Å². The molecule has 1 aromatic rings. The number of rotatable bonds is 0. The first-order valence-electron chi connectivity index (χ1n) is 9.67. The molecule has 134 valence electrons. The minimum Gasteiger partial charge on any atom is -0.482 e. The van der Waals surface area contributed by atoms with Crippen LogP contribution in [0.4, 0.5) is 0 Å². The fourth-order valence-electron chi connectivity index (χ4n) is 6.27. The molecule has 2 aliphatic carbocycles. The molecule has 0 amide bonds. The van der Waals surface area contributed by atoms with Crippen LogP contribution in [0.2, 0.25) is 0 Å². The average molecular weight is 340 g/mol. The SMILES string of the molecule is CC1(C)CCC[C@]2(C)C3=Cc4cc5c(cc4O[C@@]3(C)CC[C@@H]12)OCO5. The maximum atomic E-state index is 6.63. The number of hydrogen-bond donors (Lipinski definition) is 0. The van der Waals surface area contributed by atoms with Crippen molar-refractivity contribution >= 4 is 6.08 Å². The summed E-state index contributed by atoms with van der Waals surface area (Å²) < 4.78 is 17.8. The number of fused-ring (bicyclic) bond motifs is 5. The molecule has 0 unspecified atom stereocenters. The Labute approximate surface area is 150 Å². The molecular weight excluding hydrogens is 312 g/mol. The summed E-state index contributed by atoms with van der Waals surface area (Å²) in [6, 6.07) is 4.10. The van der Waals surface area contributed by atoms with Gasteiger partial charge in [-0.15, -0.1) is 0 Å². The van der Waals surface area contributed by atoms with Crippen molar-refractivity contribution in [1.29, 1.82) is 0 Å². The Morgan fingerprint density at radius 3 is 2.48 bits per heavy atom. The van der Waals surface area contributed by atoms with Crippen LogP contribution in [-0.4, -0.2) is 12.4 Å². The van der Waals surface area contributed by atoms with Crippen LogP contribution in [0.1, 0.15) is 65.4 Å². The molecular formula is C22H28O3. The van der Waals surface area contributed by atoms with Crippen molar-refractivity contribution in [3.8, 4) is 17.2 Å². The fourth-order valence-corrected chi connectivity index (χ4v) is 6.27. The van der Waals surface area contributed by atoms with E-state index in [1.165, 1.54) is 31.3 Å². The van der Waals surface area contributed by atoms with E-state index < -0.39 is 0 Å². The molecule has 2 fully saturated rings. The molecule has 0 aromatic heterocycles.